The molecule has 0 amide bonds. The van der Waals surface area contributed by atoms with E-state index in [9.17, 15) is 0 Å². The summed E-state index contributed by atoms with van der Waals surface area (Å²) in [5.74, 6) is 0.787. The van der Waals surface area contributed by atoms with Crippen molar-refractivity contribution >= 4 is 5.84 Å². The van der Waals surface area contributed by atoms with Gasteiger partial charge < -0.3 is 0 Å². The predicted molar refractivity (Wildman–Crippen MR) is 31.0 cm³/mol. The van der Waals surface area contributed by atoms with E-state index in [0.29, 0.717) is 6.04 Å². The zero-order valence-electron chi connectivity index (χ0n) is 5.15. The lowest BCUT2D eigenvalue weighted by Crippen LogP contribution is -2.79. The normalized spacial score (nSPS) is 12.9. The van der Waals surface area contributed by atoms with Gasteiger partial charge in [-0.05, 0) is 13.8 Å². The van der Waals surface area contributed by atoms with Crippen molar-refractivity contribution in [1.29, 1.82) is 0 Å². The molecule has 0 aromatic heterocycles. The summed E-state index contributed by atoms with van der Waals surface area (Å²) in [7, 11) is 0. The van der Waals surface area contributed by atoms with Gasteiger partial charge in [0.05, 0.1) is 6.04 Å². The van der Waals surface area contributed by atoms with Gasteiger partial charge in [-0.25, -0.2) is 0 Å². The van der Waals surface area contributed by atoms with Crippen LogP contribution < -0.4 is 10.7 Å². The molecular weight excluding hydrogens is 88.1 g/mol. The Morgan fingerprint density at radius 2 is 2.00 bits per heavy atom. The monoisotopic (exact) mass is 101 g/mol. The number of nitrogens with two attached hydrogens (primary N) is 1. The largest absolute Gasteiger partial charge is 0.291 e. The Labute approximate surface area is 44.4 Å². The minimum atomic E-state index is 0.463. The first-order valence-electron chi connectivity index (χ1n) is 2.48. The molecule has 2 nitrogen and oxygen atoms in total. The molecule has 2 heteroatoms. The van der Waals surface area contributed by atoms with E-state index in [1.807, 2.05) is 6.92 Å². The minimum absolute atomic E-state index is 0.463. The maximum absolute atomic E-state index is 5.30. The Kier molecular flexibility index (Phi) is 2.41. The number of rotatable bonds is 1. The molecule has 0 saturated heterocycles. The Morgan fingerprint density at radius 1 is 1.57 bits per heavy atom. The summed E-state index contributed by atoms with van der Waals surface area (Å²) < 4.78 is 0. The fourth-order valence-corrected chi connectivity index (χ4v) is 0.455. The van der Waals surface area contributed by atoms with Crippen molar-refractivity contribution in [3.05, 3.63) is 0 Å². The Hall–Kier alpha value is -0.530. The molecule has 0 aromatic carbocycles. The summed E-state index contributed by atoms with van der Waals surface area (Å²) in [6.45, 7) is 5.95. The molecule has 42 valence electrons. The summed E-state index contributed by atoms with van der Waals surface area (Å²) in [4.78, 5) is 3.00. The zero-order valence-corrected chi connectivity index (χ0v) is 5.15. The SMILES string of the molecule is CC(N)=[NH+]C(C)C. The second-order valence-electron chi connectivity index (χ2n) is 1.98. The fourth-order valence-electron chi connectivity index (χ4n) is 0.455. The Morgan fingerprint density at radius 3 is 2.00 bits per heavy atom. The highest BCUT2D eigenvalue weighted by molar-refractivity contribution is 5.71. The Bertz CT molecular complexity index is 70.1. The molecule has 0 spiro atoms. The highest BCUT2D eigenvalue weighted by atomic mass is 14.9. The predicted octanol–water partition coefficient (Wildman–Crippen LogP) is -1.15. The van der Waals surface area contributed by atoms with Crippen molar-refractivity contribution in [1.82, 2.24) is 0 Å². The van der Waals surface area contributed by atoms with Crippen LogP contribution >= 0.6 is 0 Å². The van der Waals surface area contributed by atoms with Crippen molar-refractivity contribution in [2.75, 3.05) is 0 Å². The molecule has 0 unspecified atom stereocenters. The van der Waals surface area contributed by atoms with Gasteiger partial charge in [-0.3, -0.25) is 10.7 Å². The van der Waals surface area contributed by atoms with Crippen molar-refractivity contribution in [2.24, 2.45) is 5.73 Å². The molecule has 7 heavy (non-hydrogen) atoms. The van der Waals surface area contributed by atoms with E-state index < -0.39 is 0 Å². The van der Waals surface area contributed by atoms with Crippen LogP contribution in [0.3, 0.4) is 0 Å². The molecule has 0 fully saturated rings. The average molecular weight is 101 g/mol. The molecule has 0 aliphatic heterocycles. The molecule has 0 aliphatic carbocycles. The molecule has 0 saturated carbocycles. The van der Waals surface area contributed by atoms with Crippen molar-refractivity contribution in [2.45, 2.75) is 26.8 Å². The molecule has 0 heterocycles. The molecule has 0 rings (SSSR count). The first kappa shape index (κ1) is 6.47. The summed E-state index contributed by atoms with van der Waals surface area (Å²) in [6, 6.07) is 0.463. The third kappa shape index (κ3) is 5.47. The summed E-state index contributed by atoms with van der Waals surface area (Å²) >= 11 is 0. The summed E-state index contributed by atoms with van der Waals surface area (Å²) in [6.07, 6.45) is 0. The van der Waals surface area contributed by atoms with Crippen LogP contribution in [0.15, 0.2) is 0 Å². The van der Waals surface area contributed by atoms with Gasteiger partial charge in [0.15, 0.2) is 0 Å². The van der Waals surface area contributed by atoms with Crippen LogP contribution in [0.4, 0.5) is 0 Å². The lowest BCUT2D eigenvalue weighted by atomic mass is 10.4. The highest BCUT2D eigenvalue weighted by Gasteiger charge is 1.88. The van der Waals surface area contributed by atoms with Crippen LogP contribution in [0.2, 0.25) is 0 Å². The van der Waals surface area contributed by atoms with Gasteiger partial charge >= 0.3 is 0 Å². The van der Waals surface area contributed by atoms with E-state index in [-0.39, 0.29) is 0 Å². The van der Waals surface area contributed by atoms with Crippen LogP contribution in [0.5, 0.6) is 0 Å². The lowest BCUT2D eigenvalue weighted by Gasteiger charge is -1.89. The summed E-state index contributed by atoms with van der Waals surface area (Å²) in [5.41, 5.74) is 5.30. The van der Waals surface area contributed by atoms with E-state index in [1.54, 1.807) is 0 Å². The smallest absolute Gasteiger partial charge is 0.237 e. The van der Waals surface area contributed by atoms with E-state index in [4.69, 9.17) is 5.73 Å². The maximum Gasteiger partial charge on any atom is 0.237 e. The van der Waals surface area contributed by atoms with Gasteiger partial charge in [0.1, 0.15) is 0 Å². The lowest BCUT2D eigenvalue weighted by molar-refractivity contribution is -0.494. The van der Waals surface area contributed by atoms with Gasteiger partial charge in [0.2, 0.25) is 5.84 Å². The van der Waals surface area contributed by atoms with Crippen molar-refractivity contribution in [3.8, 4) is 0 Å². The van der Waals surface area contributed by atoms with Gasteiger partial charge in [0, 0.05) is 6.92 Å². The molecule has 0 radical (unpaired) electrons. The van der Waals surface area contributed by atoms with E-state index in [2.05, 4.69) is 18.8 Å². The van der Waals surface area contributed by atoms with Gasteiger partial charge in [0.25, 0.3) is 0 Å². The van der Waals surface area contributed by atoms with E-state index >= 15 is 0 Å². The van der Waals surface area contributed by atoms with Crippen molar-refractivity contribution < 1.29 is 4.99 Å². The fraction of sp³-hybridized carbons (Fsp3) is 0.800. The first-order chi connectivity index (χ1) is 3.13. The second kappa shape index (κ2) is 2.61. The molecule has 0 aliphatic rings. The van der Waals surface area contributed by atoms with Gasteiger partial charge in [-0.2, -0.15) is 0 Å². The number of hydrogen-bond acceptors (Lipinski definition) is 0. The highest BCUT2D eigenvalue weighted by Crippen LogP contribution is 1.56. The van der Waals surface area contributed by atoms with Crippen LogP contribution in [0.1, 0.15) is 20.8 Å². The van der Waals surface area contributed by atoms with E-state index in [1.165, 1.54) is 0 Å². The maximum atomic E-state index is 5.30. The zero-order chi connectivity index (χ0) is 5.86. The second-order valence-corrected chi connectivity index (χ2v) is 1.98. The standard InChI is InChI=1S/C5H12N2/c1-4(2)7-5(3)6/h4H,1-3H3,(H2,6,7)/p+1. The molecule has 0 atom stereocenters. The summed E-state index contributed by atoms with van der Waals surface area (Å²) in [5, 5.41) is 0. The minimum Gasteiger partial charge on any atom is -0.291 e. The van der Waals surface area contributed by atoms with Gasteiger partial charge in [-0.1, -0.05) is 0 Å². The average Bonchev–Trinajstić information content (AvgIpc) is 1.27. The van der Waals surface area contributed by atoms with Gasteiger partial charge in [-0.15, -0.1) is 0 Å². The number of nitrogens with one attached hydrogen (secondary N) is 1. The number of amidine groups is 1. The van der Waals surface area contributed by atoms with Crippen LogP contribution in [0.25, 0.3) is 0 Å². The molecule has 0 aromatic rings. The third-order valence-electron chi connectivity index (χ3n) is 0.516. The van der Waals surface area contributed by atoms with Crippen LogP contribution in [0, 0.1) is 0 Å². The topological polar surface area (TPSA) is 40.0 Å². The third-order valence-corrected chi connectivity index (χ3v) is 0.516. The number of hydrogen-bond donors (Lipinski definition) is 2. The van der Waals surface area contributed by atoms with Crippen LogP contribution in [-0.4, -0.2) is 11.9 Å². The van der Waals surface area contributed by atoms with E-state index in [0.717, 1.165) is 5.84 Å². The quantitative estimate of drug-likeness (QED) is 0.318. The molecular formula is C5H13N2+. The molecule has 3 N–H and O–H groups in total. The Balaban J connectivity index is 3.45. The first-order valence-corrected chi connectivity index (χ1v) is 2.48. The van der Waals surface area contributed by atoms with Crippen molar-refractivity contribution in [3.63, 3.8) is 0 Å². The molecule has 0 bridgehead atoms. The van der Waals surface area contributed by atoms with Crippen LogP contribution in [-0.2, 0) is 0 Å².